The standard InChI is InChI=1S/C12H8FN3OS/c13-7-3-1-6(2-4-7)8-5-18-11-9(8)10(17)15-12(14)16-11/h1-5H,(H3,14,15,16,17). The summed E-state index contributed by atoms with van der Waals surface area (Å²) in [5, 5.41) is 2.32. The highest BCUT2D eigenvalue weighted by Crippen LogP contribution is 2.30. The Hall–Kier alpha value is -2.21. The lowest BCUT2D eigenvalue weighted by Crippen LogP contribution is -2.10. The van der Waals surface area contributed by atoms with Crippen LogP contribution in [0.4, 0.5) is 10.3 Å². The first-order chi connectivity index (χ1) is 8.65. The number of hydrogen-bond donors (Lipinski definition) is 2. The van der Waals surface area contributed by atoms with Crippen molar-refractivity contribution in [3.8, 4) is 11.1 Å². The maximum absolute atomic E-state index is 12.9. The molecule has 0 aliphatic carbocycles. The van der Waals surface area contributed by atoms with Gasteiger partial charge in [-0.25, -0.2) is 4.39 Å². The Morgan fingerprint density at radius 1 is 1.28 bits per heavy atom. The Kier molecular flexibility index (Phi) is 2.38. The minimum Gasteiger partial charge on any atom is -0.369 e. The van der Waals surface area contributed by atoms with Crippen molar-refractivity contribution in [3.63, 3.8) is 0 Å². The lowest BCUT2D eigenvalue weighted by atomic mass is 10.1. The molecule has 2 aromatic heterocycles. The Labute approximate surface area is 105 Å². The van der Waals surface area contributed by atoms with Crippen molar-refractivity contribution in [2.24, 2.45) is 0 Å². The fourth-order valence-electron chi connectivity index (χ4n) is 1.81. The van der Waals surface area contributed by atoms with Gasteiger partial charge in [0.15, 0.2) is 0 Å². The van der Waals surface area contributed by atoms with Gasteiger partial charge in [0.1, 0.15) is 10.6 Å². The SMILES string of the molecule is Nc1nc(=O)c2c(-c3ccc(F)cc3)csc2[nH]1. The van der Waals surface area contributed by atoms with Crippen LogP contribution in [0.1, 0.15) is 0 Å². The predicted molar refractivity (Wildman–Crippen MR) is 70.0 cm³/mol. The molecule has 3 rings (SSSR count). The summed E-state index contributed by atoms with van der Waals surface area (Å²) in [5.74, 6) is -0.213. The van der Waals surface area contributed by atoms with E-state index >= 15 is 0 Å². The number of nitrogens with two attached hydrogens (primary N) is 1. The van der Waals surface area contributed by atoms with Crippen molar-refractivity contribution in [2.45, 2.75) is 0 Å². The summed E-state index contributed by atoms with van der Waals surface area (Å²) in [5.41, 5.74) is 6.63. The molecule has 0 fully saturated rings. The van der Waals surface area contributed by atoms with E-state index in [0.717, 1.165) is 11.1 Å². The summed E-state index contributed by atoms with van der Waals surface area (Å²) in [6.07, 6.45) is 0. The molecule has 18 heavy (non-hydrogen) atoms. The molecular weight excluding hydrogens is 253 g/mol. The number of benzene rings is 1. The summed E-state index contributed by atoms with van der Waals surface area (Å²) in [6.45, 7) is 0. The number of halogens is 1. The quantitative estimate of drug-likeness (QED) is 0.706. The highest BCUT2D eigenvalue weighted by molar-refractivity contribution is 7.17. The van der Waals surface area contributed by atoms with Crippen LogP contribution in [0, 0.1) is 5.82 Å². The number of nitrogen functional groups attached to an aromatic ring is 1. The largest absolute Gasteiger partial charge is 0.369 e. The average molecular weight is 261 g/mol. The van der Waals surface area contributed by atoms with Gasteiger partial charge in [0.25, 0.3) is 5.56 Å². The maximum atomic E-state index is 12.9. The molecule has 0 aliphatic rings. The molecule has 0 saturated heterocycles. The van der Waals surface area contributed by atoms with Gasteiger partial charge in [-0.3, -0.25) is 4.79 Å². The van der Waals surface area contributed by atoms with Crippen LogP contribution in [0.2, 0.25) is 0 Å². The van der Waals surface area contributed by atoms with Crippen LogP contribution >= 0.6 is 11.3 Å². The van der Waals surface area contributed by atoms with Gasteiger partial charge in [0.05, 0.1) is 5.39 Å². The van der Waals surface area contributed by atoms with Crippen LogP contribution in [0.25, 0.3) is 21.3 Å². The second-order valence-electron chi connectivity index (χ2n) is 3.79. The van der Waals surface area contributed by atoms with Gasteiger partial charge in [-0.2, -0.15) is 4.98 Å². The van der Waals surface area contributed by atoms with Crippen molar-refractivity contribution in [2.75, 3.05) is 5.73 Å². The Bertz CT molecular complexity index is 776. The summed E-state index contributed by atoms with van der Waals surface area (Å²) in [6, 6.07) is 5.98. The normalized spacial score (nSPS) is 10.9. The van der Waals surface area contributed by atoms with E-state index in [2.05, 4.69) is 9.97 Å². The van der Waals surface area contributed by atoms with Gasteiger partial charge in [0.2, 0.25) is 5.95 Å². The van der Waals surface area contributed by atoms with Crippen molar-refractivity contribution < 1.29 is 4.39 Å². The van der Waals surface area contributed by atoms with E-state index in [4.69, 9.17) is 5.73 Å². The third-order valence-electron chi connectivity index (χ3n) is 2.62. The Balaban J connectivity index is 2.30. The van der Waals surface area contributed by atoms with Crippen LogP contribution in [0.15, 0.2) is 34.4 Å². The molecule has 3 N–H and O–H groups in total. The van der Waals surface area contributed by atoms with Crippen molar-refractivity contribution in [3.05, 3.63) is 45.8 Å². The molecule has 0 spiro atoms. The molecule has 0 amide bonds. The number of rotatable bonds is 1. The van der Waals surface area contributed by atoms with Crippen LogP contribution < -0.4 is 11.3 Å². The first-order valence-corrected chi connectivity index (χ1v) is 6.06. The van der Waals surface area contributed by atoms with E-state index in [1.165, 1.54) is 23.5 Å². The third-order valence-corrected chi connectivity index (χ3v) is 3.52. The molecule has 0 atom stereocenters. The van der Waals surface area contributed by atoms with Crippen LogP contribution in [0.3, 0.4) is 0 Å². The molecule has 0 bridgehead atoms. The molecule has 0 aliphatic heterocycles. The smallest absolute Gasteiger partial charge is 0.283 e. The molecule has 6 heteroatoms. The zero-order valence-electron chi connectivity index (χ0n) is 9.11. The number of aromatic nitrogens is 2. The summed E-state index contributed by atoms with van der Waals surface area (Å²) < 4.78 is 12.9. The third kappa shape index (κ3) is 1.67. The number of nitrogens with one attached hydrogen (secondary N) is 1. The van der Waals surface area contributed by atoms with E-state index in [9.17, 15) is 9.18 Å². The first kappa shape index (κ1) is 10.9. The first-order valence-electron chi connectivity index (χ1n) is 5.18. The van der Waals surface area contributed by atoms with Crippen molar-refractivity contribution >= 4 is 27.5 Å². The zero-order chi connectivity index (χ0) is 12.7. The van der Waals surface area contributed by atoms with E-state index in [-0.39, 0.29) is 17.3 Å². The lowest BCUT2D eigenvalue weighted by molar-refractivity contribution is 0.628. The van der Waals surface area contributed by atoms with Gasteiger partial charge in [-0.05, 0) is 17.7 Å². The molecule has 0 saturated carbocycles. The van der Waals surface area contributed by atoms with Gasteiger partial charge in [0, 0.05) is 10.9 Å². The van der Waals surface area contributed by atoms with Crippen molar-refractivity contribution in [1.82, 2.24) is 9.97 Å². The number of anilines is 1. The van der Waals surface area contributed by atoms with E-state index < -0.39 is 0 Å². The number of hydrogen-bond acceptors (Lipinski definition) is 4. The predicted octanol–water partition coefficient (Wildman–Crippen LogP) is 2.37. The average Bonchev–Trinajstić information content (AvgIpc) is 2.74. The number of fused-ring (bicyclic) bond motifs is 1. The summed E-state index contributed by atoms with van der Waals surface area (Å²) in [4.78, 5) is 19.0. The van der Waals surface area contributed by atoms with Gasteiger partial charge in [-0.1, -0.05) is 12.1 Å². The van der Waals surface area contributed by atoms with Gasteiger partial charge in [-0.15, -0.1) is 11.3 Å². The molecule has 90 valence electrons. The molecule has 0 radical (unpaired) electrons. The maximum Gasteiger partial charge on any atom is 0.283 e. The molecule has 3 aromatic rings. The minimum atomic E-state index is -0.373. The molecular formula is C12H8FN3OS. The van der Waals surface area contributed by atoms with Crippen molar-refractivity contribution in [1.29, 1.82) is 0 Å². The monoisotopic (exact) mass is 261 g/mol. The highest BCUT2D eigenvalue weighted by atomic mass is 32.1. The molecule has 1 aromatic carbocycles. The Morgan fingerprint density at radius 3 is 2.72 bits per heavy atom. The fraction of sp³-hybridized carbons (Fsp3) is 0. The van der Waals surface area contributed by atoms with Gasteiger partial charge < -0.3 is 10.7 Å². The number of nitrogens with zero attached hydrogens (tertiary/aromatic N) is 1. The number of aromatic amines is 1. The lowest BCUT2D eigenvalue weighted by Gasteiger charge is -1.99. The fourth-order valence-corrected chi connectivity index (χ4v) is 2.78. The summed E-state index contributed by atoms with van der Waals surface area (Å²) in [7, 11) is 0. The second kappa shape index (κ2) is 3.92. The topological polar surface area (TPSA) is 71.8 Å². The van der Waals surface area contributed by atoms with Crippen LogP contribution in [0.5, 0.6) is 0 Å². The second-order valence-corrected chi connectivity index (χ2v) is 4.67. The molecule has 4 nitrogen and oxygen atoms in total. The molecule has 0 unspecified atom stereocenters. The van der Waals surface area contributed by atoms with E-state index in [1.807, 2.05) is 5.38 Å². The molecule has 2 heterocycles. The number of thiophene rings is 1. The van der Waals surface area contributed by atoms with Crippen LogP contribution in [-0.2, 0) is 0 Å². The number of H-pyrrole nitrogens is 1. The summed E-state index contributed by atoms with van der Waals surface area (Å²) >= 11 is 1.37. The zero-order valence-corrected chi connectivity index (χ0v) is 9.92. The Morgan fingerprint density at radius 2 is 2.00 bits per heavy atom. The minimum absolute atomic E-state index is 0.0972. The van der Waals surface area contributed by atoms with Gasteiger partial charge >= 0.3 is 0 Å². The van der Waals surface area contributed by atoms with Crippen LogP contribution in [-0.4, -0.2) is 9.97 Å². The van der Waals surface area contributed by atoms with E-state index in [1.54, 1.807) is 12.1 Å². The van der Waals surface area contributed by atoms with E-state index in [0.29, 0.717) is 10.2 Å². The highest BCUT2D eigenvalue weighted by Gasteiger charge is 2.11.